The van der Waals surface area contributed by atoms with Gasteiger partial charge in [0.15, 0.2) is 5.16 Å². The van der Waals surface area contributed by atoms with Crippen LogP contribution in [0.4, 0.5) is 10.1 Å². The molecule has 2 aromatic carbocycles. The fraction of sp³-hybridized carbons (Fsp3) is 0.150. The monoisotopic (exact) mass is 365 g/mol. The molecule has 0 bridgehead atoms. The van der Waals surface area contributed by atoms with Gasteiger partial charge in [0.1, 0.15) is 5.82 Å². The maximum absolute atomic E-state index is 13.1. The summed E-state index contributed by atoms with van der Waals surface area (Å²) in [5, 5.41) is 0.535. The van der Waals surface area contributed by atoms with E-state index in [2.05, 4.69) is 16.0 Å². The van der Waals surface area contributed by atoms with Crippen molar-refractivity contribution < 1.29 is 9.18 Å². The molecule has 4 nitrogen and oxygen atoms in total. The highest BCUT2D eigenvalue weighted by Gasteiger charge is 2.24. The Kier molecular flexibility index (Phi) is 4.67. The van der Waals surface area contributed by atoms with Crippen LogP contribution in [-0.4, -0.2) is 28.2 Å². The van der Waals surface area contributed by atoms with E-state index in [0.29, 0.717) is 10.9 Å². The van der Waals surface area contributed by atoms with Crippen LogP contribution in [0.5, 0.6) is 0 Å². The van der Waals surface area contributed by atoms with Crippen LogP contribution in [0.1, 0.15) is 5.56 Å². The number of nitrogens with zero attached hydrogens (tertiary/aromatic N) is 3. The van der Waals surface area contributed by atoms with Crippen LogP contribution in [0.15, 0.2) is 66.0 Å². The van der Waals surface area contributed by atoms with Gasteiger partial charge in [-0.3, -0.25) is 4.79 Å². The van der Waals surface area contributed by atoms with E-state index >= 15 is 0 Å². The van der Waals surface area contributed by atoms with Crippen LogP contribution < -0.4 is 4.90 Å². The number of benzene rings is 2. The van der Waals surface area contributed by atoms with E-state index in [0.717, 1.165) is 24.2 Å². The minimum Gasteiger partial charge on any atom is -0.311 e. The van der Waals surface area contributed by atoms with Crippen molar-refractivity contribution in [1.29, 1.82) is 0 Å². The minimum atomic E-state index is -0.283. The first kappa shape index (κ1) is 16.7. The molecule has 0 fully saturated rings. The summed E-state index contributed by atoms with van der Waals surface area (Å²) in [6.07, 6.45) is 2.55. The molecule has 2 heterocycles. The number of aromatic nitrogens is 2. The van der Waals surface area contributed by atoms with E-state index in [4.69, 9.17) is 0 Å². The van der Waals surface area contributed by atoms with Crippen molar-refractivity contribution >= 4 is 23.4 Å². The van der Waals surface area contributed by atoms with Gasteiger partial charge in [-0.05, 0) is 48.4 Å². The van der Waals surface area contributed by atoms with Crippen LogP contribution >= 0.6 is 11.8 Å². The molecule has 3 aromatic rings. The fourth-order valence-corrected chi connectivity index (χ4v) is 3.70. The summed E-state index contributed by atoms with van der Waals surface area (Å²) in [6, 6.07) is 15.9. The zero-order valence-electron chi connectivity index (χ0n) is 13.9. The number of fused-ring (bicyclic) bond motifs is 1. The average molecular weight is 365 g/mol. The Morgan fingerprint density at radius 1 is 1.12 bits per heavy atom. The van der Waals surface area contributed by atoms with Crippen LogP contribution in [0.3, 0.4) is 0 Å². The van der Waals surface area contributed by atoms with Gasteiger partial charge < -0.3 is 4.90 Å². The molecule has 4 rings (SSSR count). The Balaban J connectivity index is 1.44. The number of hydrogen-bond donors (Lipinski definition) is 0. The molecule has 0 atom stereocenters. The second kappa shape index (κ2) is 7.25. The van der Waals surface area contributed by atoms with Gasteiger partial charge in [-0.1, -0.05) is 30.0 Å². The number of anilines is 1. The van der Waals surface area contributed by atoms with E-state index in [1.807, 2.05) is 23.1 Å². The first-order valence-corrected chi connectivity index (χ1v) is 9.29. The first-order valence-electron chi connectivity index (χ1n) is 8.31. The van der Waals surface area contributed by atoms with Gasteiger partial charge in [0, 0.05) is 24.0 Å². The molecule has 0 spiro atoms. The maximum Gasteiger partial charge on any atom is 0.237 e. The summed E-state index contributed by atoms with van der Waals surface area (Å²) in [6.45, 7) is 0.717. The molecule has 130 valence electrons. The quantitative estimate of drug-likeness (QED) is 0.519. The van der Waals surface area contributed by atoms with Gasteiger partial charge in [-0.25, -0.2) is 14.4 Å². The van der Waals surface area contributed by atoms with Gasteiger partial charge >= 0.3 is 0 Å². The SMILES string of the molecule is O=C(CSc1nccc(-c2ccc(F)cc2)n1)N1CCc2ccccc21. The molecule has 0 saturated heterocycles. The van der Waals surface area contributed by atoms with Gasteiger partial charge in [-0.2, -0.15) is 0 Å². The van der Waals surface area contributed by atoms with E-state index in [9.17, 15) is 9.18 Å². The normalized spacial score (nSPS) is 12.9. The molecule has 1 amide bonds. The number of carbonyl (C=O) groups excluding carboxylic acids is 1. The Morgan fingerprint density at radius 3 is 2.77 bits per heavy atom. The Labute approximate surface area is 155 Å². The second-order valence-corrected chi connectivity index (χ2v) is 6.89. The molecule has 26 heavy (non-hydrogen) atoms. The zero-order chi connectivity index (χ0) is 17.9. The van der Waals surface area contributed by atoms with Gasteiger partial charge in [0.05, 0.1) is 11.4 Å². The summed E-state index contributed by atoms with van der Waals surface area (Å²) < 4.78 is 13.1. The van der Waals surface area contributed by atoms with Crippen molar-refractivity contribution in [2.75, 3.05) is 17.2 Å². The van der Waals surface area contributed by atoms with E-state index in [1.165, 1.54) is 29.5 Å². The molecular weight excluding hydrogens is 349 g/mol. The predicted molar refractivity (Wildman–Crippen MR) is 101 cm³/mol. The largest absolute Gasteiger partial charge is 0.311 e. The predicted octanol–water partition coefficient (Wildman–Crippen LogP) is 3.96. The molecule has 0 N–H and O–H groups in total. The number of carbonyl (C=O) groups is 1. The summed E-state index contributed by atoms with van der Waals surface area (Å²) in [7, 11) is 0. The van der Waals surface area contributed by atoms with Crippen LogP contribution in [0.2, 0.25) is 0 Å². The molecule has 1 aliphatic heterocycles. The lowest BCUT2D eigenvalue weighted by Crippen LogP contribution is -2.30. The molecule has 1 aliphatic rings. The van der Waals surface area contributed by atoms with Crippen molar-refractivity contribution in [3.8, 4) is 11.3 Å². The number of halogens is 1. The Hall–Kier alpha value is -2.73. The molecule has 0 unspecified atom stereocenters. The van der Waals surface area contributed by atoms with Crippen LogP contribution in [0.25, 0.3) is 11.3 Å². The third-order valence-corrected chi connectivity index (χ3v) is 5.13. The highest BCUT2D eigenvalue weighted by Crippen LogP contribution is 2.28. The van der Waals surface area contributed by atoms with Gasteiger partial charge in [-0.15, -0.1) is 0 Å². The van der Waals surface area contributed by atoms with Crippen molar-refractivity contribution in [2.24, 2.45) is 0 Å². The molecular formula is C20H16FN3OS. The fourth-order valence-electron chi connectivity index (χ4n) is 2.99. The number of para-hydroxylation sites is 1. The zero-order valence-corrected chi connectivity index (χ0v) is 14.7. The van der Waals surface area contributed by atoms with Crippen LogP contribution in [0, 0.1) is 5.82 Å². The van der Waals surface area contributed by atoms with Crippen LogP contribution in [-0.2, 0) is 11.2 Å². The highest BCUT2D eigenvalue weighted by molar-refractivity contribution is 7.99. The molecule has 6 heteroatoms. The highest BCUT2D eigenvalue weighted by atomic mass is 32.2. The summed E-state index contributed by atoms with van der Waals surface area (Å²) in [5.74, 6) is 0.0472. The lowest BCUT2D eigenvalue weighted by Gasteiger charge is -2.16. The van der Waals surface area contributed by atoms with Gasteiger partial charge in [0.25, 0.3) is 0 Å². The standard InChI is InChI=1S/C20H16FN3OS/c21-16-7-5-14(6-8-16)17-9-11-22-20(23-17)26-13-19(25)24-12-10-15-3-1-2-4-18(15)24/h1-9,11H,10,12-13H2. The molecule has 0 saturated carbocycles. The molecule has 0 radical (unpaired) electrons. The number of hydrogen-bond acceptors (Lipinski definition) is 4. The lowest BCUT2D eigenvalue weighted by atomic mass is 10.1. The number of rotatable bonds is 4. The van der Waals surface area contributed by atoms with E-state index in [-0.39, 0.29) is 17.5 Å². The number of thioether (sulfide) groups is 1. The Morgan fingerprint density at radius 2 is 1.92 bits per heavy atom. The topological polar surface area (TPSA) is 46.1 Å². The molecule has 0 aliphatic carbocycles. The van der Waals surface area contributed by atoms with Crippen molar-refractivity contribution in [3.05, 3.63) is 72.2 Å². The first-order chi connectivity index (χ1) is 12.7. The van der Waals surface area contributed by atoms with E-state index < -0.39 is 0 Å². The summed E-state index contributed by atoms with van der Waals surface area (Å²) >= 11 is 1.31. The van der Waals surface area contributed by atoms with Gasteiger partial charge in [0.2, 0.25) is 5.91 Å². The van der Waals surface area contributed by atoms with Crippen molar-refractivity contribution in [3.63, 3.8) is 0 Å². The second-order valence-electron chi connectivity index (χ2n) is 5.94. The molecule has 1 aromatic heterocycles. The van der Waals surface area contributed by atoms with E-state index in [1.54, 1.807) is 24.4 Å². The third kappa shape index (κ3) is 3.46. The maximum atomic E-state index is 13.1. The van der Waals surface area contributed by atoms with Crippen molar-refractivity contribution in [2.45, 2.75) is 11.6 Å². The summed E-state index contributed by atoms with van der Waals surface area (Å²) in [5.41, 5.74) is 3.73. The summed E-state index contributed by atoms with van der Waals surface area (Å²) in [4.78, 5) is 23.1. The Bertz CT molecular complexity index is 946. The average Bonchev–Trinajstić information content (AvgIpc) is 3.11. The van der Waals surface area contributed by atoms with Crippen molar-refractivity contribution in [1.82, 2.24) is 9.97 Å². The number of amides is 1. The minimum absolute atomic E-state index is 0.0516. The smallest absolute Gasteiger partial charge is 0.237 e. The lowest BCUT2D eigenvalue weighted by molar-refractivity contribution is -0.116. The third-order valence-electron chi connectivity index (χ3n) is 4.29.